The molecule has 0 saturated heterocycles. The van der Waals surface area contributed by atoms with Crippen molar-refractivity contribution in [3.8, 4) is 55.6 Å². The first kappa shape index (κ1) is 39.4. The Bertz CT molecular complexity index is 3980. The van der Waals surface area contributed by atoms with Crippen LogP contribution in [0.1, 0.15) is 0 Å². The van der Waals surface area contributed by atoms with Crippen molar-refractivity contribution in [3.05, 3.63) is 261 Å². The Kier molecular flexibility index (Phi) is 9.54. The van der Waals surface area contributed by atoms with Crippen molar-refractivity contribution in [3.63, 3.8) is 0 Å². The van der Waals surface area contributed by atoms with Crippen LogP contribution in [0.15, 0.2) is 265 Å². The second kappa shape index (κ2) is 16.5. The SMILES string of the molecule is c1ccc(-c2c(-c3ccccc3)c3cc(-c4ccc(N(c5ccc(-c6ccc(-c7cccc8ccccc78)cc6)cc5)c5ccc6c(c5)oc5ccccc56)cc4)ccc3c3ccccc23)cc1. The van der Waals surface area contributed by atoms with Crippen LogP contribution >= 0.6 is 0 Å². The Balaban J connectivity index is 0.902. The average Bonchev–Trinajstić information content (AvgIpc) is 3.79. The molecule has 2 heteroatoms. The van der Waals surface area contributed by atoms with Crippen LogP contribution in [0, 0.1) is 0 Å². The smallest absolute Gasteiger partial charge is 0.137 e. The lowest BCUT2D eigenvalue weighted by Crippen LogP contribution is -2.09. The zero-order valence-corrected chi connectivity index (χ0v) is 37.2. The molecule has 0 aliphatic carbocycles. The molecular formula is C66H43NO. The summed E-state index contributed by atoms with van der Waals surface area (Å²) < 4.78 is 6.45. The first-order chi connectivity index (χ1) is 33.7. The Morgan fingerprint density at radius 2 is 0.691 bits per heavy atom. The van der Waals surface area contributed by atoms with E-state index < -0.39 is 0 Å². The second-order valence-electron chi connectivity index (χ2n) is 17.6. The fourth-order valence-electron chi connectivity index (χ4n) is 10.4. The number of nitrogens with zero attached hydrogens (tertiary/aromatic N) is 1. The van der Waals surface area contributed by atoms with E-state index in [0.717, 1.165) is 50.1 Å². The predicted octanol–water partition coefficient (Wildman–Crippen LogP) is 18.9. The van der Waals surface area contributed by atoms with Crippen LogP contribution in [0.4, 0.5) is 17.1 Å². The predicted molar refractivity (Wildman–Crippen MR) is 288 cm³/mol. The number of hydrogen-bond donors (Lipinski definition) is 0. The average molecular weight is 866 g/mol. The summed E-state index contributed by atoms with van der Waals surface area (Å²) in [7, 11) is 0. The Hall–Kier alpha value is -8.98. The minimum atomic E-state index is 0.862. The molecule has 0 spiro atoms. The van der Waals surface area contributed by atoms with Gasteiger partial charge < -0.3 is 9.32 Å². The molecular weight excluding hydrogens is 823 g/mol. The van der Waals surface area contributed by atoms with Gasteiger partial charge in [-0.15, -0.1) is 0 Å². The molecule has 0 atom stereocenters. The molecule has 0 amide bonds. The topological polar surface area (TPSA) is 16.4 Å². The number of furan rings is 1. The fourth-order valence-corrected chi connectivity index (χ4v) is 10.4. The highest BCUT2D eigenvalue weighted by Gasteiger charge is 2.20. The maximum atomic E-state index is 6.45. The van der Waals surface area contributed by atoms with E-state index in [0.29, 0.717) is 0 Å². The van der Waals surface area contributed by atoms with Gasteiger partial charge in [0.1, 0.15) is 11.2 Å². The molecule has 12 aromatic carbocycles. The maximum absolute atomic E-state index is 6.45. The minimum Gasteiger partial charge on any atom is -0.456 e. The van der Waals surface area contributed by atoms with Crippen molar-refractivity contribution in [2.75, 3.05) is 4.90 Å². The van der Waals surface area contributed by atoms with Crippen molar-refractivity contribution in [2.45, 2.75) is 0 Å². The third kappa shape index (κ3) is 6.82. The first-order valence-corrected chi connectivity index (χ1v) is 23.3. The number of benzene rings is 12. The lowest BCUT2D eigenvalue weighted by atomic mass is 9.84. The highest BCUT2D eigenvalue weighted by molar-refractivity contribution is 6.22. The molecule has 0 unspecified atom stereocenters. The van der Waals surface area contributed by atoms with Gasteiger partial charge in [-0.2, -0.15) is 0 Å². The van der Waals surface area contributed by atoms with Crippen molar-refractivity contribution in [2.24, 2.45) is 0 Å². The van der Waals surface area contributed by atoms with Gasteiger partial charge in [-0.25, -0.2) is 0 Å². The van der Waals surface area contributed by atoms with Crippen LogP contribution in [-0.4, -0.2) is 0 Å². The van der Waals surface area contributed by atoms with Gasteiger partial charge >= 0.3 is 0 Å². The summed E-state index contributed by atoms with van der Waals surface area (Å²) in [5, 5.41) is 9.74. The van der Waals surface area contributed by atoms with E-state index in [1.165, 1.54) is 76.8 Å². The summed E-state index contributed by atoms with van der Waals surface area (Å²) >= 11 is 0. The third-order valence-electron chi connectivity index (χ3n) is 13.7. The zero-order valence-electron chi connectivity index (χ0n) is 37.2. The molecule has 68 heavy (non-hydrogen) atoms. The van der Waals surface area contributed by atoms with Crippen LogP contribution in [0.2, 0.25) is 0 Å². The third-order valence-corrected chi connectivity index (χ3v) is 13.7. The van der Waals surface area contributed by atoms with Crippen molar-refractivity contribution >= 4 is 71.3 Å². The van der Waals surface area contributed by atoms with E-state index in [2.05, 4.69) is 254 Å². The van der Waals surface area contributed by atoms with Gasteiger partial charge in [-0.05, 0) is 136 Å². The quantitative estimate of drug-likeness (QED) is 0.142. The number of fused-ring (bicyclic) bond motifs is 7. The van der Waals surface area contributed by atoms with E-state index in [1.807, 2.05) is 12.1 Å². The van der Waals surface area contributed by atoms with Crippen LogP contribution < -0.4 is 4.90 Å². The van der Waals surface area contributed by atoms with Gasteiger partial charge in [0.2, 0.25) is 0 Å². The highest BCUT2D eigenvalue weighted by atomic mass is 16.3. The first-order valence-electron chi connectivity index (χ1n) is 23.3. The van der Waals surface area contributed by atoms with E-state index in [1.54, 1.807) is 0 Å². The minimum absolute atomic E-state index is 0.862. The van der Waals surface area contributed by atoms with E-state index in [-0.39, 0.29) is 0 Å². The van der Waals surface area contributed by atoms with Gasteiger partial charge in [-0.3, -0.25) is 0 Å². The second-order valence-corrected chi connectivity index (χ2v) is 17.6. The van der Waals surface area contributed by atoms with Crippen LogP contribution in [-0.2, 0) is 0 Å². The van der Waals surface area contributed by atoms with Gasteiger partial charge in [0.15, 0.2) is 0 Å². The van der Waals surface area contributed by atoms with Crippen molar-refractivity contribution < 1.29 is 4.42 Å². The van der Waals surface area contributed by atoms with Crippen LogP contribution in [0.5, 0.6) is 0 Å². The normalized spacial score (nSPS) is 11.5. The Morgan fingerprint density at radius 3 is 1.38 bits per heavy atom. The lowest BCUT2D eigenvalue weighted by Gasteiger charge is -2.26. The molecule has 0 aliphatic heterocycles. The molecule has 0 saturated carbocycles. The highest BCUT2D eigenvalue weighted by Crippen LogP contribution is 2.46. The van der Waals surface area contributed by atoms with E-state index >= 15 is 0 Å². The Labute approximate surface area is 395 Å². The summed E-state index contributed by atoms with van der Waals surface area (Å²) in [6.07, 6.45) is 0. The van der Waals surface area contributed by atoms with Crippen LogP contribution in [0.3, 0.4) is 0 Å². The molecule has 13 aromatic rings. The summed E-state index contributed by atoms with van der Waals surface area (Å²) in [5.41, 5.74) is 16.9. The molecule has 13 rings (SSSR count). The molecule has 318 valence electrons. The molecule has 1 aromatic heterocycles. The fraction of sp³-hybridized carbons (Fsp3) is 0. The number of hydrogen-bond acceptors (Lipinski definition) is 2. The Morgan fingerprint density at radius 1 is 0.235 bits per heavy atom. The lowest BCUT2D eigenvalue weighted by molar-refractivity contribution is 0.669. The summed E-state index contributed by atoms with van der Waals surface area (Å²) in [6.45, 7) is 0. The molecule has 0 aliphatic rings. The number of rotatable bonds is 8. The number of anilines is 3. The maximum Gasteiger partial charge on any atom is 0.137 e. The molecule has 0 fully saturated rings. The molecule has 2 nitrogen and oxygen atoms in total. The van der Waals surface area contributed by atoms with Crippen LogP contribution in [0.25, 0.3) is 110 Å². The summed E-state index contributed by atoms with van der Waals surface area (Å²) in [6, 6.07) is 94.4. The van der Waals surface area contributed by atoms with Crippen molar-refractivity contribution in [1.29, 1.82) is 0 Å². The zero-order chi connectivity index (χ0) is 45.0. The van der Waals surface area contributed by atoms with Gasteiger partial charge in [0.05, 0.1) is 0 Å². The van der Waals surface area contributed by atoms with E-state index in [9.17, 15) is 0 Å². The van der Waals surface area contributed by atoms with Gasteiger partial charge in [0.25, 0.3) is 0 Å². The molecule has 1 heterocycles. The monoisotopic (exact) mass is 865 g/mol. The van der Waals surface area contributed by atoms with E-state index in [4.69, 9.17) is 4.42 Å². The van der Waals surface area contributed by atoms with Crippen molar-refractivity contribution in [1.82, 2.24) is 0 Å². The summed E-state index contributed by atoms with van der Waals surface area (Å²) in [4.78, 5) is 2.33. The molecule has 0 N–H and O–H groups in total. The molecule has 0 bridgehead atoms. The largest absolute Gasteiger partial charge is 0.456 e. The molecule has 0 radical (unpaired) electrons. The number of para-hydroxylation sites is 1. The van der Waals surface area contributed by atoms with Gasteiger partial charge in [-0.1, -0.05) is 206 Å². The summed E-state index contributed by atoms with van der Waals surface area (Å²) in [5.74, 6) is 0. The van der Waals surface area contributed by atoms with Gasteiger partial charge in [0, 0.05) is 33.9 Å². The standard InChI is InChI=1S/C66H43NO/c1-3-15-49(16-4-1)65-61-23-10-9-21-57(61)58-40-34-51(42-62(58)66(65)50-17-5-2-6-18-50)46-32-37-53(38-33-46)67(54-39-41-60-59-22-11-12-25-63(59)68-64(60)43-54)52-35-30-45(31-36-52)44-26-28-48(29-27-44)56-24-13-19-47-14-7-8-20-55(47)56/h1-43H.